The van der Waals surface area contributed by atoms with Gasteiger partial charge >= 0.3 is 6.18 Å². The van der Waals surface area contributed by atoms with Crippen molar-refractivity contribution in [3.05, 3.63) is 59.8 Å². The lowest BCUT2D eigenvalue weighted by Gasteiger charge is -2.31. The molecular formula is C25H25F3N6. The Morgan fingerprint density at radius 3 is 2.62 bits per heavy atom. The smallest absolute Gasteiger partial charge is 0.324 e. The molecular weight excluding hydrogens is 441 g/mol. The average molecular weight is 467 g/mol. The number of para-hydroxylation sites is 1. The van der Waals surface area contributed by atoms with Crippen molar-refractivity contribution in [2.45, 2.75) is 49.9 Å². The molecule has 6 nitrogen and oxygen atoms in total. The van der Waals surface area contributed by atoms with Crippen molar-refractivity contribution in [2.24, 2.45) is 5.73 Å². The van der Waals surface area contributed by atoms with E-state index in [0.717, 1.165) is 23.7 Å². The van der Waals surface area contributed by atoms with Crippen molar-refractivity contribution in [3.8, 4) is 11.5 Å². The van der Waals surface area contributed by atoms with Crippen molar-refractivity contribution >= 4 is 16.6 Å². The second-order valence-corrected chi connectivity index (χ2v) is 9.92. The van der Waals surface area contributed by atoms with Gasteiger partial charge in [0.15, 0.2) is 11.5 Å². The van der Waals surface area contributed by atoms with E-state index in [-0.39, 0.29) is 12.1 Å². The zero-order chi connectivity index (χ0) is 23.7. The zero-order valence-electron chi connectivity index (χ0n) is 18.8. The predicted molar refractivity (Wildman–Crippen MR) is 123 cm³/mol. The Bertz CT molecular complexity index is 1390. The Morgan fingerprint density at radius 1 is 1.09 bits per heavy atom. The van der Waals surface area contributed by atoms with E-state index in [1.165, 1.54) is 22.7 Å². The highest BCUT2D eigenvalue weighted by Gasteiger charge is 2.48. The molecule has 2 fully saturated rings. The molecule has 1 saturated carbocycles. The summed E-state index contributed by atoms with van der Waals surface area (Å²) < 4.78 is 44.3. The summed E-state index contributed by atoms with van der Waals surface area (Å²) in [6.07, 6.45) is -0.126. The van der Waals surface area contributed by atoms with E-state index in [2.05, 4.69) is 16.3 Å². The van der Waals surface area contributed by atoms with Crippen molar-refractivity contribution in [1.29, 1.82) is 0 Å². The van der Waals surface area contributed by atoms with Crippen molar-refractivity contribution in [3.63, 3.8) is 0 Å². The lowest BCUT2D eigenvalue weighted by atomic mass is 10.0. The highest BCUT2D eigenvalue weighted by atomic mass is 19.4. The van der Waals surface area contributed by atoms with E-state index >= 15 is 0 Å². The monoisotopic (exact) mass is 466 g/mol. The number of nitrogens with two attached hydrogens (primary N) is 1. The van der Waals surface area contributed by atoms with Crippen LogP contribution >= 0.6 is 0 Å². The lowest BCUT2D eigenvalue weighted by molar-refractivity contribution is -0.184. The Morgan fingerprint density at radius 2 is 1.91 bits per heavy atom. The maximum atomic E-state index is 14.2. The molecule has 2 atom stereocenters. The molecule has 1 saturated heterocycles. The number of benzene rings is 1. The van der Waals surface area contributed by atoms with Gasteiger partial charge in [-0.3, -0.25) is 9.30 Å². The summed E-state index contributed by atoms with van der Waals surface area (Å²) in [5.41, 5.74) is 8.84. The van der Waals surface area contributed by atoms with E-state index in [4.69, 9.17) is 10.7 Å². The third-order valence-corrected chi connectivity index (χ3v) is 6.95. The minimum Gasteiger partial charge on any atom is -0.324 e. The molecule has 34 heavy (non-hydrogen) atoms. The molecule has 1 aliphatic heterocycles. The van der Waals surface area contributed by atoms with Gasteiger partial charge in [-0.1, -0.05) is 30.3 Å². The number of alkyl halides is 3. The molecule has 4 aromatic rings. The number of hydrogen-bond donors (Lipinski definition) is 1. The fraction of sp³-hybridized carbons (Fsp3) is 0.400. The SMILES string of the molecule is CC1(N)CCN(C(c2ccc3nnc(-c4ccc5cccc(C6CC6)c5n4)n3c2)C(F)(F)F)C1. The molecule has 9 heteroatoms. The number of pyridine rings is 2. The largest absolute Gasteiger partial charge is 0.408 e. The summed E-state index contributed by atoms with van der Waals surface area (Å²) in [5, 5.41) is 9.51. The second kappa shape index (κ2) is 7.48. The highest BCUT2D eigenvalue weighted by Crippen LogP contribution is 2.43. The van der Waals surface area contributed by atoms with Gasteiger partial charge in [-0.2, -0.15) is 13.2 Å². The minimum absolute atomic E-state index is 0.137. The van der Waals surface area contributed by atoms with Crippen LogP contribution in [0.15, 0.2) is 48.7 Å². The fourth-order valence-electron chi connectivity index (χ4n) is 5.11. The van der Waals surface area contributed by atoms with Gasteiger partial charge in [0.1, 0.15) is 11.7 Å². The van der Waals surface area contributed by atoms with E-state index in [1.807, 2.05) is 24.3 Å². The number of hydrogen-bond acceptors (Lipinski definition) is 5. The van der Waals surface area contributed by atoms with Crippen LogP contribution in [0.3, 0.4) is 0 Å². The summed E-state index contributed by atoms with van der Waals surface area (Å²) in [7, 11) is 0. The van der Waals surface area contributed by atoms with Gasteiger partial charge in [-0.15, -0.1) is 10.2 Å². The Kier molecular flexibility index (Phi) is 4.73. The van der Waals surface area contributed by atoms with Crippen LogP contribution in [-0.4, -0.2) is 49.3 Å². The van der Waals surface area contributed by atoms with Gasteiger partial charge in [0.2, 0.25) is 0 Å². The van der Waals surface area contributed by atoms with E-state index in [1.54, 1.807) is 17.4 Å². The van der Waals surface area contributed by atoms with E-state index in [0.29, 0.717) is 36.0 Å². The van der Waals surface area contributed by atoms with Crippen molar-refractivity contribution in [1.82, 2.24) is 24.5 Å². The van der Waals surface area contributed by atoms with Gasteiger partial charge in [0.05, 0.1) is 5.52 Å². The Labute approximate surface area is 194 Å². The molecule has 2 unspecified atom stereocenters. The summed E-state index contributed by atoms with van der Waals surface area (Å²) in [5.74, 6) is 0.949. The van der Waals surface area contributed by atoms with Gasteiger partial charge in [-0.25, -0.2) is 4.98 Å². The van der Waals surface area contributed by atoms with Gasteiger partial charge in [-0.05, 0) is 55.4 Å². The summed E-state index contributed by atoms with van der Waals surface area (Å²) in [6, 6.07) is 11.3. The Balaban J connectivity index is 1.45. The molecule has 4 heterocycles. The van der Waals surface area contributed by atoms with Crippen LogP contribution in [0.4, 0.5) is 13.2 Å². The first-order valence-corrected chi connectivity index (χ1v) is 11.5. The maximum Gasteiger partial charge on any atom is 0.408 e. The van der Waals surface area contributed by atoms with Crippen LogP contribution in [0.2, 0.25) is 0 Å². The highest BCUT2D eigenvalue weighted by molar-refractivity contribution is 5.84. The van der Waals surface area contributed by atoms with Crippen molar-refractivity contribution in [2.75, 3.05) is 13.1 Å². The third kappa shape index (κ3) is 3.73. The fourth-order valence-corrected chi connectivity index (χ4v) is 5.11. The molecule has 2 N–H and O–H groups in total. The molecule has 0 spiro atoms. The second-order valence-electron chi connectivity index (χ2n) is 9.92. The van der Waals surface area contributed by atoms with Crippen LogP contribution in [-0.2, 0) is 0 Å². The van der Waals surface area contributed by atoms with Crippen LogP contribution in [0.5, 0.6) is 0 Å². The van der Waals surface area contributed by atoms with Crippen LogP contribution in [0.25, 0.3) is 28.1 Å². The van der Waals surface area contributed by atoms with Gasteiger partial charge < -0.3 is 5.73 Å². The maximum absolute atomic E-state index is 14.2. The van der Waals surface area contributed by atoms with Crippen LogP contribution in [0.1, 0.15) is 49.3 Å². The molecule has 3 aromatic heterocycles. The Hall–Kier alpha value is -3.04. The first-order chi connectivity index (χ1) is 16.2. The van der Waals surface area contributed by atoms with E-state index in [9.17, 15) is 13.2 Å². The molecule has 2 aliphatic rings. The molecule has 176 valence electrons. The van der Waals surface area contributed by atoms with Gasteiger partial charge in [0.25, 0.3) is 0 Å². The first-order valence-electron chi connectivity index (χ1n) is 11.5. The molecule has 1 aromatic carbocycles. The molecule has 0 amide bonds. The van der Waals surface area contributed by atoms with Crippen LogP contribution in [0, 0.1) is 0 Å². The number of aromatic nitrogens is 4. The predicted octanol–water partition coefficient (Wildman–Crippen LogP) is 4.85. The molecule has 0 bridgehead atoms. The normalized spacial score (nSPS) is 22.6. The quantitative estimate of drug-likeness (QED) is 0.466. The number of fused-ring (bicyclic) bond motifs is 2. The number of nitrogens with zero attached hydrogens (tertiary/aromatic N) is 5. The average Bonchev–Trinajstić information content (AvgIpc) is 3.45. The minimum atomic E-state index is -4.44. The number of rotatable bonds is 4. The van der Waals surface area contributed by atoms with Crippen LogP contribution < -0.4 is 5.73 Å². The van der Waals surface area contributed by atoms with E-state index < -0.39 is 17.8 Å². The molecule has 1 aliphatic carbocycles. The third-order valence-electron chi connectivity index (χ3n) is 6.95. The summed E-state index contributed by atoms with van der Waals surface area (Å²) in [4.78, 5) is 6.29. The number of halogens is 3. The zero-order valence-corrected chi connectivity index (χ0v) is 18.8. The topological polar surface area (TPSA) is 72.3 Å². The first kappa shape index (κ1) is 21.5. The molecule has 6 rings (SSSR count). The van der Waals surface area contributed by atoms with Crippen molar-refractivity contribution < 1.29 is 13.2 Å². The standard InChI is InChI=1S/C25H25F3N6/c1-24(29)11-12-33(14-24)22(25(26,27)28)17-8-10-20-31-32-23(34(20)13-17)19-9-7-16-3-2-4-18(15-5-6-15)21(16)30-19/h2-4,7-10,13,15,22H,5-6,11-12,14,29H2,1H3. The van der Waals surface area contributed by atoms with Gasteiger partial charge in [0, 0.05) is 30.2 Å². The summed E-state index contributed by atoms with van der Waals surface area (Å²) in [6.45, 7) is 2.27. The molecule has 0 radical (unpaired) electrons. The summed E-state index contributed by atoms with van der Waals surface area (Å²) >= 11 is 0. The lowest BCUT2D eigenvalue weighted by Crippen LogP contribution is -2.43. The number of likely N-dealkylation sites (tertiary alicyclic amines) is 1.